The highest BCUT2D eigenvalue weighted by atomic mass is 32.2. The normalized spacial score (nSPS) is 10.1. The molecule has 0 unspecified atom stereocenters. The van der Waals surface area contributed by atoms with Crippen LogP contribution in [-0.4, -0.2) is 25.7 Å². The summed E-state index contributed by atoms with van der Waals surface area (Å²) >= 11 is 1.85. The Hall–Kier alpha value is -0.830. The highest BCUT2D eigenvalue weighted by molar-refractivity contribution is 7.98. The third-order valence-corrected chi connectivity index (χ3v) is 2.74. The van der Waals surface area contributed by atoms with Crippen molar-refractivity contribution in [2.24, 2.45) is 0 Å². The molecule has 0 fully saturated rings. The number of hydrogen-bond acceptors (Lipinski definition) is 3. The average Bonchev–Trinajstić information content (AvgIpc) is 2.27. The lowest BCUT2D eigenvalue weighted by Crippen LogP contribution is -1.97. The van der Waals surface area contributed by atoms with Gasteiger partial charge in [0, 0.05) is 0 Å². The van der Waals surface area contributed by atoms with Gasteiger partial charge in [0.15, 0.2) is 11.5 Å². The van der Waals surface area contributed by atoms with E-state index in [-0.39, 0.29) is 0 Å². The Labute approximate surface area is 96.0 Å². The first kappa shape index (κ1) is 12.2. The molecule has 0 aliphatic carbocycles. The molecule has 0 saturated heterocycles. The zero-order valence-electron chi connectivity index (χ0n) is 9.58. The molecular formula is C12H18O2S. The van der Waals surface area contributed by atoms with Gasteiger partial charge in [0.2, 0.25) is 0 Å². The molecular weight excluding hydrogens is 208 g/mol. The molecule has 0 N–H and O–H groups in total. The Kier molecular flexibility index (Phi) is 5.40. The molecule has 3 heteroatoms. The zero-order chi connectivity index (χ0) is 11.1. The molecule has 0 aliphatic heterocycles. The molecule has 0 amide bonds. The van der Waals surface area contributed by atoms with Gasteiger partial charge in [-0.15, -0.1) is 0 Å². The Bertz CT molecular complexity index is 300. The van der Waals surface area contributed by atoms with E-state index in [1.807, 2.05) is 24.8 Å². The van der Waals surface area contributed by atoms with Crippen molar-refractivity contribution in [3.05, 3.63) is 23.8 Å². The second-order valence-corrected chi connectivity index (χ2v) is 4.15. The largest absolute Gasteiger partial charge is 0.493 e. The van der Waals surface area contributed by atoms with Crippen LogP contribution in [0.2, 0.25) is 0 Å². The van der Waals surface area contributed by atoms with Gasteiger partial charge in [0.05, 0.1) is 13.7 Å². The van der Waals surface area contributed by atoms with E-state index in [2.05, 4.69) is 18.4 Å². The van der Waals surface area contributed by atoms with E-state index in [1.54, 1.807) is 7.11 Å². The Morgan fingerprint density at radius 3 is 2.67 bits per heavy atom. The van der Waals surface area contributed by atoms with E-state index in [0.717, 1.165) is 23.7 Å². The molecule has 0 aliphatic rings. The maximum atomic E-state index is 5.52. The van der Waals surface area contributed by atoms with Crippen molar-refractivity contribution >= 4 is 11.8 Å². The van der Waals surface area contributed by atoms with E-state index in [1.165, 1.54) is 5.56 Å². The third kappa shape index (κ3) is 3.67. The van der Waals surface area contributed by atoms with E-state index in [9.17, 15) is 0 Å². The summed E-state index contributed by atoms with van der Waals surface area (Å²) in [4.78, 5) is 0. The van der Waals surface area contributed by atoms with Crippen molar-refractivity contribution < 1.29 is 9.47 Å². The van der Waals surface area contributed by atoms with Crippen LogP contribution in [0.3, 0.4) is 0 Å². The van der Waals surface area contributed by atoms with Crippen molar-refractivity contribution in [2.45, 2.75) is 13.3 Å². The number of benzene rings is 1. The summed E-state index contributed by atoms with van der Waals surface area (Å²) in [5.41, 5.74) is 1.30. The fraction of sp³-hybridized carbons (Fsp3) is 0.500. The maximum Gasteiger partial charge on any atom is 0.161 e. The number of ether oxygens (including phenoxy) is 2. The van der Waals surface area contributed by atoms with E-state index in [0.29, 0.717) is 6.61 Å². The molecule has 1 aromatic carbocycles. The van der Waals surface area contributed by atoms with Gasteiger partial charge < -0.3 is 9.47 Å². The van der Waals surface area contributed by atoms with E-state index >= 15 is 0 Å². The van der Waals surface area contributed by atoms with Crippen LogP contribution in [0.4, 0.5) is 0 Å². The van der Waals surface area contributed by atoms with Crippen LogP contribution in [0.15, 0.2) is 18.2 Å². The van der Waals surface area contributed by atoms with Crippen LogP contribution in [0.1, 0.15) is 12.5 Å². The van der Waals surface area contributed by atoms with E-state index in [4.69, 9.17) is 9.47 Å². The first-order chi connectivity index (χ1) is 7.31. The van der Waals surface area contributed by atoms with Crippen LogP contribution in [0.5, 0.6) is 11.5 Å². The van der Waals surface area contributed by atoms with Gasteiger partial charge in [-0.25, -0.2) is 0 Å². The Balaban J connectivity index is 2.79. The highest BCUT2D eigenvalue weighted by Gasteiger charge is 2.04. The smallest absolute Gasteiger partial charge is 0.161 e. The van der Waals surface area contributed by atoms with Crippen molar-refractivity contribution in [2.75, 3.05) is 25.7 Å². The lowest BCUT2D eigenvalue weighted by Gasteiger charge is -2.10. The molecule has 84 valence electrons. The lowest BCUT2D eigenvalue weighted by atomic mass is 10.1. The fourth-order valence-electron chi connectivity index (χ4n) is 1.36. The quantitative estimate of drug-likeness (QED) is 0.743. The first-order valence-corrected chi connectivity index (χ1v) is 6.49. The minimum absolute atomic E-state index is 0.669. The molecule has 0 spiro atoms. The predicted octanol–water partition coefficient (Wildman–Crippen LogP) is 3.00. The van der Waals surface area contributed by atoms with Crippen LogP contribution >= 0.6 is 11.8 Å². The van der Waals surface area contributed by atoms with Crippen molar-refractivity contribution in [1.29, 1.82) is 0 Å². The van der Waals surface area contributed by atoms with Gasteiger partial charge in [-0.3, -0.25) is 0 Å². The molecule has 0 heterocycles. The monoisotopic (exact) mass is 226 g/mol. The summed E-state index contributed by atoms with van der Waals surface area (Å²) in [6.45, 7) is 2.65. The Morgan fingerprint density at radius 2 is 2.07 bits per heavy atom. The molecule has 0 atom stereocenters. The molecule has 0 aromatic heterocycles. The summed E-state index contributed by atoms with van der Waals surface area (Å²) in [5, 5.41) is 0. The number of thioether (sulfide) groups is 1. The summed E-state index contributed by atoms with van der Waals surface area (Å²) in [6, 6.07) is 6.14. The highest BCUT2D eigenvalue weighted by Crippen LogP contribution is 2.28. The molecule has 1 aromatic rings. The van der Waals surface area contributed by atoms with Gasteiger partial charge in [0.1, 0.15) is 0 Å². The van der Waals surface area contributed by atoms with Gasteiger partial charge in [0.25, 0.3) is 0 Å². The first-order valence-electron chi connectivity index (χ1n) is 5.10. The van der Waals surface area contributed by atoms with Crippen LogP contribution in [0.25, 0.3) is 0 Å². The van der Waals surface area contributed by atoms with Crippen molar-refractivity contribution in [1.82, 2.24) is 0 Å². The predicted molar refractivity (Wildman–Crippen MR) is 66.2 cm³/mol. The lowest BCUT2D eigenvalue weighted by molar-refractivity contribution is 0.310. The molecule has 0 radical (unpaired) electrons. The van der Waals surface area contributed by atoms with Crippen LogP contribution < -0.4 is 9.47 Å². The molecule has 0 saturated carbocycles. The summed E-state index contributed by atoms with van der Waals surface area (Å²) in [6.07, 6.45) is 3.19. The third-order valence-electron chi connectivity index (χ3n) is 2.12. The number of rotatable bonds is 6. The van der Waals surface area contributed by atoms with Gasteiger partial charge >= 0.3 is 0 Å². The zero-order valence-corrected chi connectivity index (χ0v) is 10.4. The van der Waals surface area contributed by atoms with Crippen molar-refractivity contribution in [3.63, 3.8) is 0 Å². The van der Waals surface area contributed by atoms with Crippen molar-refractivity contribution in [3.8, 4) is 11.5 Å². The minimum Gasteiger partial charge on any atom is -0.493 e. The summed E-state index contributed by atoms with van der Waals surface area (Å²) < 4.78 is 10.7. The second-order valence-electron chi connectivity index (χ2n) is 3.16. The van der Waals surface area contributed by atoms with Crippen LogP contribution in [0, 0.1) is 0 Å². The number of methoxy groups -OCH3 is 1. The van der Waals surface area contributed by atoms with E-state index < -0.39 is 0 Å². The molecule has 1 rings (SSSR count). The second kappa shape index (κ2) is 6.62. The molecule has 15 heavy (non-hydrogen) atoms. The molecule has 2 nitrogen and oxygen atoms in total. The van der Waals surface area contributed by atoms with Crippen LogP contribution in [-0.2, 0) is 6.42 Å². The number of aryl methyl sites for hydroxylation is 1. The van der Waals surface area contributed by atoms with Gasteiger partial charge in [-0.2, -0.15) is 11.8 Å². The fourth-order valence-corrected chi connectivity index (χ4v) is 1.80. The SMILES string of the molecule is CCOc1cc(CCSC)ccc1OC. The average molecular weight is 226 g/mol. The van der Waals surface area contributed by atoms with Gasteiger partial charge in [-0.05, 0) is 43.0 Å². The number of hydrogen-bond donors (Lipinski definition) is 0. The van der Waals surface area contributed by atoms with Gasteiger partial charge in [-0.1, -0.05) is 6.07 Å². The minimum atomic E-state index is 0.669. The molecule has 0 bridgehead atoms. The topological polar surface area (TPSA) is 18.5 Å². The summed E-state index contributed by atoms with van der Waals surface area (Å²) in [7, 11) is 1.67. The Morgan fingerprint density at radius 1 is 1.27 bits per heavy atom. The summed E-state index contributed by atoms with van der Waals surface area (Å²) in [5.74, 6) is 2.79. The standard InChI is InChI=1S/C12H18O2S/c1-4-14-12-9-10(7-8-15-3)5-6-11(12)13-2/h5-6,9H,4,7-8H2,1-3H3. The maximum absolute atomic E-state index is 5.52.